The maximum atomic E-state index is 6.20. The van der Waals surface area contributed by atoms with E-state index in [1.807, 2.05) is 19.2 Å². The minimum absolute atomic E-state index is 0.248. The van der Waals surface area contributed by atoms with E-state index in [9.17, 15) is 0 Å². The summed E-state index contributed by atoms with van der Waals surface area (Å²) in [7, 11) is 1.81. The second-order valence-electron chi connectivity index (χ2n) is 5.95. The number of hydrogen-bond acceptors (Lipinski definition) is 3. The van der Waals surface area contributed by atoms with Crippen LogP contribution in [0.1, 0.15) is 31.4 Å². The fourth-order valence-electron chi connectivity index (χ4n) is 2.86. The van der Waals surface area contributed by atoms with Crippen LogP contribution < -0.4 is 10.6 Å². The van der Waals surface area contributed by atoms with Gasteiger partial charge >= 0.3 is 0 Å². The second kappa shape index (κ2) is 10.5. The van der Waals surface area contributed by atoms with Gasteiger partial charge in [-0.25, -0.2) is 0 Å². The van der Waals surface area contributed by atoms with Gasteiger partial charge < -0.3 is 15.4 Å². The highest BCUT2D eigenvalue weighted by Gasteiger charge is 2.23. The fraction of sp³-hybridized carbons (Fsp3) is 0.611. The van der Waals surface area contributed by atoms with E-state index in [-0.39, 0.29) is 6.04 Å². The monoisotopic (exact) mass is 352 g/mol. The number of guanidine groups is 1. The smallest absolute Gasteiger partial charge is 0.191 e. The fourth-order valence-corrected chi connectivity index (χ4v) is 3.06. The molecular formula is C18H29ClN4O. The molecule has 1 fully saturated rings. The summed E-state index contributed by atoms with van der Waals surface area (Å²) in [5.41, 5.74) is 1.22. The molecule has 0 aliphatic carbocycles. The van der Waals surface area contributed by atoms with Crippen LogP contribution in [-0.2, 0) is 4.74 Å². The van der Waals surface area contributed by atoms with E-state index < -0.39 is 0 Å². The molecule has 1 heterocycles. The van der Waals surface area contributed by atoms with E-state index in [4.69, 9.17) is 16.3 Å². The van der Waals surface area contributed by atoms with Crippen LogP contribution in [0.3, 0.4) is 0 Å². The van der Waals surface area contributed by atoms with Gasteiger partial charge in [0.25, 0.3) is 0 Å². The Balaban J connectivity index is 2.02. The van der Waals surface area contributed by atoms with Crippen molar-refractivity contribution in [3.8, 4) is 0 Å². The molecule has 1 aromatic rings. The average molecular weight is 353 g/mol. The lowest BCUT2D eigenvalue weighted by molar-refractivity contribution is 0.0170. The van der Waals surface area contributed by atoms with E-state index in [0.717, 1.165) is 56.8 Å². The molecule has 5 nitrogen and oxygen atoms in total. The Bertz CT molecular complexity index is 517. The molecule has 0 radical (unpaired) electrons. The molecule has 0 saturated carbocycles. The maximum absolute atomic E-state index is 6.20. The molecule has 1 atom stereocenters. The third kappa shape index (κ3) is 5.96. The molecule has 1 unspecified atom stereocenters. The Labute approximate surface area is 150 Å². The highest BCUT2D eigenvalue weighted by Crippen LogP contribution is 2.23. The number of rotatable bonds is 7. The van der Waals surface area contributed by atoms with E-state index in [0.29, 0.717) is 0 Å². The van der Waals surface area contributed by atoms with Gasteiger partial charge in [-0.15, -0.1) is 0 Å². The van der Waals surface area contributed by atoms with Crippen molar-refractivity contribution in [1.82, 2.24) is 15.5 Å². The van der Waals surface area contributed by atoms with Crippen molar-refractivity contribution < 1.29 is 4.74 Å². The van der Waals surface area contributed by atoms with Gasteiger partial charge in [-0.1, -0.05) is 37.1 Å². The highest BCUT2D eigenvalue weighted by molar-refractivity contribution is 6.30. The number of nitrogens with one attached hydrogen (secondary N) is 2. The van der Waals surface area contributed by atoms with E-state index in [2.05, 4.69) is 39.6 Å². The van der Waals surface area contributed by atoms with Crippen molar-refractivity contribution >= 4 is 17.6 Å². The summed E-state index contributed by atoms with van der Waals surface area (Å²) in [5.74, 6) is 0.851. The van der Waals surface area contributed by atoms with Gasteiger partial charge in [-0.3, -0.25) is 9.89 Å². The highest BCUT2D eigenvalue weighted by atomic mass is 35.5. The molecule has 134 valence electrons. The van der Waals surface area contributed by atoms with Gasteiger partial charge in [-0.2, -0.15) is 0 Å². The first kappa shape index (κ1) is 19.0. The third-order valence-corrected chi connectivity index (χ3v) is 4.46. The normalized spacial score (nSPS) is 17.5. The van der Waals surface area contributed by atoms with Gasteiger partial charge in [0, 0.05) is 38.2 Å². The Hall–Kier alpha value is -1.30. The predicted molar refractivity (Wildman–Crippen MR) is 101 cm³/mol. The molecule has 2 N–H and O–H groups in total. The Morgan fingerprint density at radius 1 is 1.33 bits per heavy atom. The molecule has 24 heavy (non-hydrogen) atoms. The predicted octanol–water partition coefficient (Wildman–Crippen LogP) is 2.68. The molecule has 0 aromatic heterocycles. The van der Waals surface area contributed by atoms with Crippen LogP contribution in [-0.4, -0.2) is 57.3 Å². The summed E-state index contributed by atoms with van der Waals surface area (Å²) in [5, 5.41) is 7.59. The van der Waals surface area contributed by atoms with E-state index in [1.54, 1.807) is 0 Å². The summed E-state index contributed by atoms with van der Waals surface area (Å²) >= 11 is 6.20. The van der Waals surface area contributed by atoms with Crippen LogP contribution in [0.15, 0.2) is 29.3 Å². The lowest BCUT2D eigenvalue weighted by Crippen LogP contribution is -2.46. The lowest BCUT2D eigenvalue weighted by atomic mass is 10.0. The van der Waals surface area contributed by atoms with Crippen molar-refractivity contribution in [3.63, 3.8) is 0 Å². The largest absolute Gasteiger partial charge is 0.379 e. The van der Waals surface area contributed by atoms with Gasteiger partial charge in [-0.05, 0) is 24.1 Å². The molecule has 0 spiro atoms. The van der Waals surface area contributed by atoms with Crippen LogP contribution in [0.25, 0.3) is 0 Å². The molecule has 2 rings (SSSR count). The second-order valence-corrected chi connectivity index (χ2v) is 6.39. The Kier molecular flexibility index (Phi) is 8.36. The van der Waals surface area contributed by atoms with Gasteiger partial charge in [0.1, 0.15) is 0 Å². The average Bonchev–Trinajstić information content (AvgIpc) is 2.61. The first-order chi connectivity index (χ1) is 11.7. The number of unbranched alkanes of at least 4 members (excludes halogenated alkanes) is 1. The molecule has 1 saturated heterocycles. The lowest BCUT2D eigenvalue weighted by Gasteiger charge is -2.35. The quantitative estimate of drug-likeness (QED) is 0.450. The van der Waals surface area contributed by atoms with Crippen molar-refractivity contribution in [2.45, 2.75) is 25.8 Å². The zero-order valence-electron chi connectivity index (χ0n) is 14.7. The van der Waals surface area contributed by atoms with Gasteiger partial charge in [0.05, 0.1) is 19.3 Å². The third-order valence-electron chi connectivity index (χ3n) is 4.23. The maximum Gasteiger partial charge on any atom is 0.191 e. The molecule has 1 aliphatic rings. The zero-order chi connectivity index (χ0) is 17.2. The number of halogens is 1. The number of hydrogen-bond donors (Lipinski definition) is 2. The molecule has 1 aliphatic heterocycles. The SMILES string of the molecule is CCCCNC(=NC)NCC(c1cccc(Cl)c1)N1CCOCC1. The van der Waals surface area contributed by atoms with Crippen LogP contribution in [0, 0.1) is 0 Å². The topological polar surface area (TPSA) is 48.9 Å². The zero-order valence-corrected chi connectivity index (χ0v) is 15.5. The molecule has 6 heteroatoms. The van der Waals surface area contributed by atoms with Crippen molar-refractivity contribution in [3.05, 3.63) is 34.9 Å². The summed E-state index contributed by atoms with van der Waals surface area (Å²) in [6, 6.07) is 8.37. The van der Waals surface area contributed by atoms with Gasteiger partial charge in [0.15, 0.2) is 5.96 Å². The number of aliphatic imine (C=N–C) groups is 1. The first-order valence-electron chi connectivity index (χ1n) is 8.76. The minimum atomic E-state index is 0.248. The first-order valence-corrected chi connectivity index (χ1v) is 9.14. The summed E-state index contributed by atoms with van der Waals surface area (Å²) in [6.07, 6.45) is 2.31. The summed E-state index contributed by atoms with van der Waals surface area (Å²) in [4.78, 5) is 6.76. The number of nitrogens with zero attached hydrogens (tertiary/aromatic N) is 2. The summed E-state index contributed by atoms with van der Waals surface area (Å²) < 4.78 is 5.50. The molecule has 0 amide bonds. The Morgan fingerprint density at radius 3 is 2.79 bits per heavy atom. The van der Waals surface area contributed by atoms with Crippen LogP contribution >= 0.6 is 11.6 Å². The van der Waals surface area contributed by atoms with Gasteiger partial charge in [0.2, 0.25) is 0 Å². The Morgan fingerprint density at radius 2 is 2.12 bits per heavy atom. The number of ether oxygens (including phenoxy) is 1. The summed E-state index contributed by atoms with van der Waals surface area (Å²) in [6.45, 7) is 7.33. The molecule has 1 aromatic carbocycles. The van der Waals surface area contributed by atoms with Crippen molar-refractivity contribution in [2.75, 3.05) is 46.4 Å². The standard InChI is InChI=1S/C18H29ClN4O/c1-3-4-8-21-18(20-2)22-14-17(23-9-11-24-12-10-23)15-6-5-7-16(19)13-15/h5-7,13,17H,3-4,8-12,14H2,1-2H3,(H2,20,21,22). The van der Waals surface area contributed by atoms with Crippen LogP contribution in [0.4, 0.5) is 0 Å². The van der Waals surface area contributed by atoms with Crippen LogP contribution in [0.5, 0.6) is 0 Å². The van der Waals surface area contributed by atoms with Crippen LogP contribution in [0.2, 0.25) is 5.02 Å². The number of benzene rings is 1. The van der Waals surface area contributed by atoms with E-state index in [1.165, 1.54) is 12.0 Å². The minimum Gasteiger partial charge on any atom is -0.379 e. The molecular weight excluding hydrogens is 324 g/mol. The van der Waals surface area contributed by atoms with Crippen molar-refractivity contribution in [2.24, 2.45) is 4.99 Å². The number of morpholine rings is 1. The van der Waals surface area contributed by atoms with E-state index >= 15 is 0 Å². The van der Waals surface area contributed by atoms with Crippen molar-refractivity contribution in [1.29, 1.82) is 0 Å². The molecule has 0 bridgehead atoms.